The minimum Gasteiger partial charge on any atom is -0.309 e. The first-order valence-corrected chi connectivity index (χ1v) is 30.4. The Hall–Kier alpha value is -10.4. The summed E-state index contributed by atoms with van der Waals surface area (Å²) in [5.41, 5.74) is 22.1. The molecule has 0 aliphatic heterocycles. The third kappa shape index (κ3) is 6.27. The predicted molar refractivity (Wildman–Crippen MR) is 368 cm³/mol. The molecule has 19 rings (SSSR count). The van der Waals surface area contributed by atoms with Gasteiger partial charge in [-0.3, -0.25) is 0 Å². The van der Waals surface area contributed by atoms with Gasteiger partial charge in [0.05, 0.1) is 55.2 Å². The fourth-order valence-corrected chi connectivity index (χ4v) is 15.7. The Morgan fingerprint density at radius 1 is 0.256 bits per heavy atom. The van der Waals surface area contributed by atoms with Crippen molar-refractivity contribution in [2.45, 2.75) is 52.4 Å². The average Bonchev–Trinajstić information content (AvgIpc) is 1.52. The normalized spacial score (nSPS) is 13.0. The maximum atomic E-state index is 2.68. The summed E-state index contributed by atoms with van der Waals surface area (Å²) in [4.78, 5) is 0. The zero-order valence-electron chi connectivity index (χ0n) is 48.9. The minimum absolute atomic E-state index is 0.107. The van der Waals surface area contributed by atoms with E-state index in [-0.39, 0.29) is 10.8 Å². The van der Waals surface area contributed by atoms with Crippen LogP contribution in [-0.4, -0.2) is 17.9 Å². The molecule has 0 saturated carbocycles. The van der Waals surface area contributed by atoms with Crippen molar-refractivity contribution in [3.05, 3.63) is 254 Å². The van der Waals surface area contributed by atoms with Gasteiger partial charge in [-0.25, -0.2) is 0 Å². The van der Waals surface area contributed by atoms with Gasteiger partial charge in [0, 0.05) is 87.1 Å². The van der Waals surface area contributed by atoms with Crippen LogP contribution in [0.25, 0.3) is 175 Å². The fourth-order valence-electron chi connectivity index (χ4n) is 15.7. The SMILES string of the molecule is CC(C)(C)c1cc(-c2ccc3c(c2)c2ccccc2n3-c2ccccc2)c2c(c1)c1cc3ccccc3c3c4c5c6cc(C(C)(C)C)cc7c8cc9ccccc9c(-c9ccc%10c(c9)c9ccccc9n%10-c9ccccc9)c8n(c5ccc4n2c13)c76. The highest BCUT2D eigenvalue weighted by atomic mass is 15.0. The van der Waals surface area contributed by atoms with Crippen LogP contribution in [0.3, 0.4) is 0 Å². The molecular formula is C82H58N4. The van der Waals surface area contributed by atoms with E-state index in [0.29, 0.717) is 0 Å². The van der Waals surface area contributed by atoms with Gasteiger partial charge in [-0.15, -0.1) is 0 Å². The predicted octanol–water partition coefficient (Wildman–Crippen LogP) is 22.4. The Morgan fingerprint density at radius 2 is 0.686 bits per heavy atom. The van der Waals surface area contributed by atoms with Crippen LogP contribution in [0.5, 0.6) is 0 Å². The van der Waals surface area contributed by atoms with Gasteiger partial charge in [-0.2, -0.15) is 0 Å². The summed E-state index contributed by atoms with van der Waals surface area (Å²) >= 11 is 0. The van der Waals surface area contributed by atoms with Gasteiger partial charge in [-0.1, -0.05) is 175 Å². The molecule has 6 heterocycles. The molecule has 0 fully saturated rings. The van der Waals surface area contributed by atoms with E-state index in [9.17, 15) is 0 Å². The lowest BCUT2D eigenvalue weighted by molar-refractivity contribution is 0.591. The smallest absolute Gasteiger partial charge is 0.0627 e. The van der Waals surface area contributed by atoms with Crippen LogP contribution in [0, 0.1) is 0 Å². The molecule has 86 heavy (non-hydrogen) atoms. The van der Waals surface area contributed by atoms with Crippen LogP contribution in [0.2, 0.25) is 0 Å². The summed E-state index contributed by atoms with van der Waals surface area (Å²) in [5, 5.41) is 20.5. The number of fused-ring (bicyclic) bond motifs is 22. The van der Waals surface area contributed by atoms with Gasteiger partial charge in [-0.05, 0) is 164 Å². The molecule has 0 radical (unpaired) electrons. The molecule has 406 valence electrons. The van der Waals surface area contributed by atoms with Crippen molar-refractivity contribution in [2.75, 3.05) is 0 Å². The number of aromatic nitrogens is 4. The largest absolute Gasteiger partial charge is 0.309 e. The van der Waals surface area contributed by atoms with E-state index in [0.717, 1.165) is 11.4 Å². The van der Waals surface area contributed by atoms with E-state index in [1.165, 1.54) is 175 Å². The lowest BCUT2D eigenvalue weighted by Crippen LogP contribution is -2.11. The monoisotopic (exact) mass is 1100 g/mol. The van der Waals surface area contributed by atoms with Crippen LogP contribution in [-0.2, 0) is 10.8 Å². The molecule has 0 atom stereocenters. The number of hydrogen-bond acceptors (Lipinski definition) is 0. The second kappa shape index (κ2) is 16.7. The standard InChI is InChI=1S/C82H58N4/c1-81(2,3)51-43-59(49-33-35-69-60(39-49)57-29-17-19-31-67(57)83(69)53-23-9-7-10-24-53)77-64(44-51)63-41-48-22-14-16-28-56(48)75-76-72(86(77)80(63)75)38-37-71-74(76)66-46-52(82(4,5)6)45-65-62-40-47-21-13-15-27-55(47)73(79(62)85(71)78(65)66)50-34-36-70-61(42-50)58-30-18-20-32-68(58)84(70)54-25-11-8-12-26-54/h7-46H,1-6H3. The van der Waals surface area contributed by atoms with Crippen molar-refractivity contribution in [1.82, 2.24) is 17.9 Å². The molecular weight excluding hydrogens is 1040 g/mol. The Labute approximate surface area is 496 Å². The quantitative estimate of drug-likeness (QED) is 0.167. The van der Waals surface area contributed by atoms with Gasteiger partial charge in [0.1, 0.15) is 0 Å². The summed E-state index contributed by atoms with van der Waals surface area (Å²) in [6.07, 6.45) is 0. The number of benzene rings is 13. The van der Waals surface area contributed by atoms with Crippen LogP contribution in [0.4, 0.5) is 0 Å². The molecule has 19 aromatic rings. The maximum absolute atomic E-state index is 2.68. The molecule has 0 unspecified atom stereocenters. The molecule has 0 amide bonds. The van der Waals surface area contributed by atoms with Gasteiger partial charge in [0.2, 0.25) is 0 Å². The molecule has 0 saturated heterocycles. The van der Waals surface area contributed by atoms with Crippen molar-refractivity contribution in [2.24, 2.45) is 0 Å². The lowest BCUT2D eigenvalue weighted by atomic mass is 9.83. The van der Waals surface area contributed by atoms with E-state index < -0.39 is 0 Å². The second-order valence-corrected chi connectivity index (χ2v) is 26.4. The van der Waals surface area contributed by atoms with Crippen LogP contribution < -0.4 is 0 Å². The summed E-state index contributed by atoms with van der Waals surface area (Å²) in [7, 11) is 0. The first-order chi connectivity index (χ1) is 42.0. The Bertz CT molecular complexity index is 6130. The molecule has 0 N–H and O–H groups in total. The van der Waals surface area contributed by atoms with Gasteiger partial charge >= 0.3 is 0 Å². The van der Waals surface area contributed by atoms with Crippen molar-refractivity contribution in [3.8, 4) is 33.6 Å². The Balaban J connectivity index is 0.972. The fraction of sp³-hybridized carbons (Fsp3) is 0.0976. The van der Waals surface area contributed by atoms with E-state index in [1.807, 2.05) is 0 Å². The van der Waals surface area contributed by atoms with Crippen molar-refractivity contribution < 1.29 is 0 Å². The van der Waals surface area contributed by atoms with Crippen molar-refractivity contribution in [1.29, 1.82) is 0 Å². The van der Waals surface area contributed by atoms with Gasteiger partial charge < -0.3 is 17.9 Å². The lowest BCUT2D eigenvalue weighted by Gasteiger charge is -2.21. The zero-order valence-corrected chi connectivity index (χ0v) is 48.9. The molecule has 4 nitrogen and oxygen atoms in total. The molecule has 6 aromatic heterocycles. The number of hydrogen-bond donors (Lipinski definition) is 0. The van der Waals surface area contributed by atoms with Crippen molar-refractivity contribution in [3.63, 3.8) is 0 Å². The molecule has 13 aromatic carbocycles. The third-order valence-electron chi connectivity index (χ3n) is 19.6. The topological polar surface area (TPSA) is 18.7 Å². The molecule has 0 spiro atoms. The molecule has 0 aliphatic rings. The maximum Gasteiger partial charge on any atom is 0.0627 e. The number of rotatable bonds is 4. The first-order valence-electron chi connectivity index (χ1n) is 30.4. The number of para-hydroxylation sites is 4. The summed E-state index contributed by atoms with van der Waals surface area (Å²) in [6, 6.07) is 92.2. The van der Waals surface area contributed by atoms with Crippen LogP contribution >= 0.6 is 0 Å². The molecule has 0 aliphatic carbocycles. The third-order valence-corrected chi connectivity index (χ3v) is 19.6. The van der Waals surface area contributed by atoms with E-state index in [4.69, 9.17) is 0 Å². The summed E-state index contributed by atoms with van der Waals surface area (Å²) in [5.74, 6) is 0. The van der Waals surface area contributed by atoms with Crippen LogP contribution in [0.1, 0.15) is 52.7 Å². The van der Waals surface area contributed by atoms with Crippen molar-refractivity contribution >= 4 is 141 Å². The highest BCUT2D eigenvalue weighted by Gasteiger charge is 2.31. The highest BCUT2D eigenvalue weighted by molar-refractivity contribution is 6.41. The van der Waals surface area contributed by atoms with Crippen LogP contribution in [0.15, 0.2) is 243 Å². The summed E-state index contributed by atoms with van der Waals surface area (Å²) in [6.45, 7) is 14.2. The Morgan fingerprint density at radius 3 is 1.30 bits per heavy atom. The zero-order chi connectivity index (χ0) is 57.2. The highest BCUT2D eigenvalue weighted by Crippen LogP contribution is 2.54. The van der Waals surface area contributed by atoms with E-state index in [1.54, 1.807) is 0 Å². The number of nitrogens with zero attached hydrogens (tertiary/aromatic N) is 4. The second-order valence-electron chi connectivity index (χ2n) is 26.4. The minimum atomic E-state index is -0.125. The van der Waals surface area contributed by atoms with Gasteiger partial charge in [0.15, 0.2) is 0 Å². The van der Waals surface area contributed by atoms with E-state index >= 15 is 0 Å². The van der Waals surface area contributed by atoms with Gasteiger partial charge in [0.25, 0.3) is 0 Å². The molecule has 0 bridgehead atoms. The summed E-state index contributed by atoms with van der Waals surface area (Å²) < 4.78 is 10.2. The first kappa shape index (κ1) is 48.0. The molecule has 4 heteroatoms. The Kier molecular flexibility index (Phi) is 9.31. The average molecular weight is 1100 g/mol. The van der Waals surface area contributed by atoms with E-state index in [2.05, 4.69) is 302 Å².